The zero-order valence-electron chi connectivity index (χ0n) is 13.6. The van der Waals surface area contributed by atoms with Crippen LogP contribution < -0.4 is 9.04 Å². The van der Waals surface area contributed by atoms with Gasteiger partial charge < -0.3 is 9.84 Å². The van der Waals surface area contributed by atoms with E-state index in [1.165, 1.54) is 16.4 Å². The maximum Gasteiger partial charge on any atom is 0.511 e. The van der Waals surface area contributed by atoms with Crippen LogP contribution in [0, 0.1) is 13.8 Å². The molecule has 0 unspecified atom stereocenters. The third-order valence-electron chi connectivity index (χ3n) is 4.14. The summed E-state index contributed by atoms with van der Waals surface area (Å²) in [7, 11) is -3.80. The van der Waals surface area contributed by atoms with Gasteiger partial charge in [0.15, 0.2) is 0 Å². The highest BCUT2D eigenvalue weighted by Gasteiger charge is 2.32. The summed E-state index contributed by atoms with van der Waals surface area (Å²) in [5.74, 6) is 0.0809. The molecular weight excluding hydrogens is 366 g/mol. The zero-order valence-corrected chi connectivity index (χ0v) is 15.2. The average molecular weight is 382 g/mol. The predicted octanol–water partition coefficient (Wildman–Crippen LogP) is 3.77. The summed E-state index contributed by atoms with van der Waals surface area (Å²) in [6.45, 7) is 3.73. The lowest BCUT2D eigenvalue weighted by Crippen LogP contribution is -2.29. The fourth-order valence-corrected chi connectivity index (χ4v) is 4.90. The Balaban J connectivity index is 2.07. The maximum absolute atomic E-state index is 13.1. The molecule has 0 amide bonds. The minimum absolute atomic E-state index is 0.0809. The van der Waals surface area contributed by atoms with Crippen LogP contribution in [-0.4, -0.2) is 26.2 Å². The number of hydrogen-bond donors (Lipinski definition) is 1. The van der Waals surface area contributed by atoms with Crippen molar-refractivity contribution >= 4 is 33.5 Å². The number of anilines is 1. The lowest BCUT2D eigenvalue weighted by molar-refractivity contribution is 0.144. The predicted molar refractivity (Wildman–Crippen MR) is 94.3 cm³/mol. The second-order valence-corrected chi connectivity index (χ2v) is 8.09. The topological polar surface area (TPSA) is 83.9 Å². The van der Waals surface area contributed by atoms with E-state index in [0.717, 1.165) is 5.56 Å². The molecule has 0 atom stereocenters. The fraction of sp³-hybridized carbons (Fsp3) is 0.235. The SMILES string of the molecule is Cc1cc(S(=O)(=O)N2CCc3ccc(OC(=O)O)cc32)c(C)cc1Cl. The van der Waals surface area contributed by atoms with E-state index in [4.69, 9.17) is 16.7 Å². The van der Waals surface area contributed by atoms with Gasteiger partial charge in [0.2, 0.25) is 0 Å². The highest BCUT2D eigenvalue weighted by atomic mass is 35.5. The number of aryl methyl sites for hydroxylation is 2. The molecule has 0 saturated carbocycles. The number of hydrogen-bond acceptors (Lipinski definition) is 4. The second-order valence-electron chi connectivity index (χ2n) is 5.85. The molecule has 0 radical (unpaired) electrons. The first-order valence-corrected chi connectivity index (χ1v) is 9.35. The van der Waals surface area contributed by atoms with Crippen molar-refractivity contribution in [3.63, 3.8) is 0 Å². The third kappa shape index (κ3) is 3.17. The van der Waals surface area contributed by atoms with Crippen LogP contribution in [0.15, 0.2) is 35.2 Å². The molecule has 0 saturated heterocycles. The molecule has 0 aromatic heterocycles. The van der Waals surface area contributed by atoms with Crippen LogP contribution in [0.1, 0.15) is 16.7 Å². The molecule has 1 aliphatic heterocycles. The van der Waals surface area contributed by atoms with Crippen molar-refractivity contribution in [2.75, 3.05) is 10.8 Å². The molecule has 3 rings (SSSR count). The van der Waals surface area contributed by atoms with Gasteiger partial charge in [-0.05, 0) is 55.2 Å². The summed E-state index contributed by atoms with van der Waals surface area (Å²) in [5, 5.41) is 9.26. The van der Waals surface area contributed by atoms with Crippen LogP contribution in [0.3, 0.4) is 0 Å². The van der Waals surface area contributed by atoms with Crippen LogP contribution in [0.5, 0.6) is 5.75 Å². The van der Waals surface area contributed by atoms with E-state index >= 15 is 0 Å². The normalized spacial score (nSPS) is 13.6. The van der Waals surface area contributed by atoms with E-state index in [-0.39, 0.29) is 17.2 Å². The summed E-state index contributed by atoms with van der Waals surface area (Å²) in [4.78, 5) is 10.9. The molecular formula is C17H16ClNO5S. The highest BCUT2D eigenvalue weighted by molar-refractivity contribution is 7.93. The number of halogens is 1. The van der Waals surface area contributed by atoms with Gasteiger partial charge in [0.25, 0.3) is 10.0 Å². The summed E-state index contributed by atoms with van der Waals surface area (Å²) >= 11 is 6.07. The smallest absolute Gasteiger partial charge is 0.449 e. The Hall–Kier alpha value is -2.25. The highest BCUT2D eigenvalue weighted by Crippen LogP contribution is 2.37. The average Bonchev–Trinajstić information content (AvgIpc) is 2.94. The maximum atomic E-state index is 13.1. The van der Waals surface area contributed by atoms with Gasteiger partial charge in [-0.25, -0.2) is 13.2 Å². The molecule has 0 spiro atoms. The van der Waals surface area contributed by atoms with E-state index in [1.807, 2.05) is 0 Å². The Morgan fingerprint density at radius 1 is 1.20 bits per heavy atom. The largest absolute Gasteiger partial charge is 0.511 e. The first kappa shape index (κ1) is 17.6. The first-order valence-electron chi connectivity index (χ1n) is 7.53. The molecule has 0 aliphatic carbocycles. The molecule has 1 N–H and O–H groups in total. The Bertz CT molecular complexity index is 971. The van der Waals surface area contributed by atoms with Crippen LogP contribution in [0.4, 0.5) is 10.5 Å². The van der Waals surface area contributed by atoms with E-state index in [0.29, 0.717) is 28.3 Å². The van der Waals surface area contributed by atoms with Crippen molar-refractivity contribution in [2.24, 2.45) is 0 Å². The van der Waals surface area contributed by atoms with E-state index < -0.39 is 16.2 Å². The van der Waals surface area contributed by atoms with Crippen LogP contribution >= 0.6 is 11.6 Å². The summed E-state index contributed by atoms with van der Waals surface area (Å²) in [6, 6.07) is 7.82. The fourth-order valence-electron chi connectivity index (χ4n) is 2.89. The molecule has 1 heterocycles. The Morgan fingerprint density at radius 2 is 1.92 bits per heavy atom. The van der Waals surface area contributed by atoms with Gasteiger partial charge >= 0.3 is 6.16 Å². The van der Waals surface area contributed by atoms with E-state index in [1.54, 1.807) is 32.0 Å². The molecule has 6 nitrogen and oxygen atoms in total. The molecule has 132 valence electrons. The number of fused-ring (bicyclic) bond motifs is 1. The molecule has 1 aliphatic rings. The number of sulfonamides is 1. The zero-order chi connectivity index (χ0) is 18.4. The van der Waals surface area contributed by atoms with Crippen molar-refractivity contribution in [3.05, 3.63) is 52.0 Å². The third-order valence-corrected chi connectivity index (χ3v) is 6.50. The molecule has 0 fully saturated rings. The van der Waals surface area contributed by atoms with Crippen molar-refractivity contribution in [1.82, 2.24) is 0 Å². The number of ether oxygens (including phenoxy) is 1. The van der Waals surface area contributed by atoms with Crippen molar-refractivity contribution in [2.45, 2.75) is 25.2 Å². The van der Waals surface area contributed by atoms with Gasteiger partial charge in [0.05, 0.1) is 10.6 Å². The minimum atomic E-state index is -3.80. The Kier molecular flexibility index (Phi) is 4.38. The van der Waals surface area contributed by atoms with Gasteiger partial charge in [0, 0.05) is 17.6 Å². The molecule has 25 heavy (non-hydrogen) atoms. The first-order chi connectivity index (χ1) is 11.7. The van der Waals surface area contributed by atoms with Gasteiger partial charge in [0.1, 0.15) is 5.75 Å². The van der Waals surface area contributed by atoms with E-state index in [2.05, 4.69) is 4.74 Å². The Labute approximate surface area is 150 Å². The molecule has 0 bridgehead atoms. The Morgan fingerprint density at radius 3 is 2.60 bits per heavy atom. The minimum Gasteiger partial charge on any atom is -0.449 e. The molecule has 2 aromatic rings. The number of benzene rings is 2. The van der Waals surface area contributed by atoms with Crippen molar-refractivity contribution < 1.29 is 23.1 Å². The van der Waals surface area contributed by atoms with Gasteiger partial charge in [-0.15, -0.1) is 0 Å². The standard InChI is InChI=1S/C17H16ClNO5S/c1-10-8-16(11(2)7-14(10)18)25(22,23)19-6-5-12-3-4-13(9-15(12)19)24-17(20)21/h3-4,7-9H,5-6H2,1-2H3,(H,20,21). The molecule has 8 heteroatoms. The van der Waals surface area contributed by atoms with Gasteiger partial charge in [-0.1, -0.05) is 17.7 Å². The number of carbonyl (C=O) groups is 1. The van der Waals surface area contributed by atoms with Crippen LogP contribution in [0.25, 0.3) is 0 Å². The number of nitrogens with zero attached hydrogens (tertiary/aromatic N) is 1. The quantitative estimate of drug-likeness (QED) is 0.646. The number of rotatable bonds is 3. The summed E-state index contributed by atoms with van der Waals surface area (Å²) < 4.78 is 32.2. The van der Waals surface area contributed by atoms with Gasteiger partial charge in [-0.2, -0.15) is 0 Å². The monoisotopic (exact) mass is 381 g/mol. The van der Waals surface area contributed by atoms with Crippen LogP contribution in [-0.2, 0) is 16.4 Å². The van der Waals surface area contributed by atoms with E-state index in [9.17, 15) is 13.2 Å². The van der Waals surface area contributed by atoms with Crippen molar-refractivity contribution in [1.29, 1.82) is 0 Å². The number of carboxylic acid groups (broad SMARTS) is 1. The van der Waals surface area contributed by atoms with Gasteiger partial charge in [-0.3, -0.25) is 4.31 Å². The summed E-state index contributed by atoms with van der Waals surface area (Å²) in [5.41, 5.74) is 2.49. The van der Waals surface area contributed by atoms with Crippen LogP contribution in [0.2, 0.25) is 5.02 Å². The second kappa shape index (κ2) is 6.24. The molecule has 2 aromatic carbocycles. The summed E-state index contributed by atoms with van der Waals surface area (Å²) in [6.07, 6.45) is -0.899. The lowest BCUT2D eigenvalue weighted by Gasteiger charge is -2.21. The lowest BCUT2D eigenvalue weighted by atomic mass is 10.2. The van der Waals surface area contributed by atoms with Crippen molar-refractivity contribution in [3.8, 4) is 5.75 Å².